The highest BCUT2D eigenvalue weighted by Crippen LogP contribution is 2.16. The molecule has 0 aromatic rings. The van der Waals surface area contributed by atoms with E-state index >= 15 is 0 Å². The van der Waals surface area contributed by atoms with Crippen molar-refractivity contribution < 1.29 is 4.79 Å². The first-order valence-electron chi connectivity index (χ1n) is 5.67. The number of hydrogen-bond donors (Lipinski definition) is 2. The lowest BCUT2D eigenvalue weighted by Gasteiger charge is -2.27. The Morgan fingerprint density at radius 3 is 3.00 bits per heavy atom. The second kappa shape index (κ2) is 6.38. The van der Waals surface area contributed by atoms with Gasteiger partial charge >= 0.3 is 0 Å². The molecule has 0 radical (unpaired) electrons. The summed E-state index contributed by atoms with van der Waals surface area (Å²) in [7, 11) is 0. The van der Waals surface area contributed by atoms with Crippen LogP contribution >= 0.6 is 11.8 Å². The maximum Gasteiger partial charge on any atom is 0.223 e. The van der Waals surface area contributed by atoms with Crippen LogP contribution in [0, 0.1) is 5.92 Å². The zero-order valence-corrected chi connectivity index (χ0v) is 10.7. The summed E-state index contributed by atoms with van der Waals surface area (Å²) in [5.74, 6) is 0.458. The summed E-state index contributed by atoms with van der Waals surface area (Å²) in [5, 5.41) is 6.90. The van der Waals surface area contributed by atoms with E-state index in [9.17, 15) is 4.79 Å². The van der Waals surface area contributed by atoms with Crippen molar-refractivity contribution in [3.05, 3.63) is 0 Å². The van der Waals surface area contributed by atoms with E-state index in [4.69, 9.17) is 0 Å². The summed E-state index contributed by atoms with van der Waals surface area (Å²) in [6.45, 7) is 6.04. The van der Waals surface area contributed by atoms with Crippen LogP contribution in [0.15, 0.2) is 0 Å². The van der Waals surface area contributed by atoms with E-state index in [1.807, 2.05) is 0 Å². The largest absolute Gasteiger partial charge is 0.355 e. The molecule has 1 rings (SSSR count). The molecule has 1 heterocycles. The predicted molar refractivity (Wildman–Crippen MR) is 66.2 cm³/mol. The van der Waals surface area contributed by atoms with Crippen LogP contribution in [0.25, 0.3) is 0 Å². The molecule has 1 aliphatic heterocycles. The summed E-state index contributed by atoms with van der Waals surface area (Å²) in [5.41, 5.74) is 0. The maximum atomic E-state index is 11.8. The van der Waals surface area contributed by atoms with Crippen LogP contribution in [0.3, 0.4) is 0 Å². The maximum absolute atomic E-state index is 11.8. The van der Waals surface area contributed by atoms with Gasteiger partial charge in [-0.15, -0.1) is 0 Å². The number of hydrogen-bond acceptors (Lipinski definition) is 3. The molecule has 15 heavy (non-hydrogen) atoms. The molecular weight excluding hydrogens is 208 g/mol. The Labute approximate surface area is 96.8 Å². The van der Waals surface area contributed by atoms with Crippen LogP contribution in [0.5, 0.6) is 0 Å². The summed E-state index contributed by atoms with van der Waals surface area (Å²) in [4.78, 5) is 11.8. The van der Waals surface area contributed by atoms with E-state index in [1.165, 1.54) is 0 Å². The van der Waals surface area contributed by atoms with Crippen LogP contribution in [0.2, 0.25) is 0 Å². The van der Waals surface area contributed by atoms with Gasteiger partial charge in [0.2, 0.25) is 5.91 Å². The average molecular weight is 230 g/mol. The van der Waals surface area contributed by atoms with Gasteiger partial charge in [-0.3, -0.25) is 4.79 Å². The Morgan fingerprint density at radius 1 is 1.67 bits per heavy atom. The standard InChI is InChI=1S/C11H22N2OS/c1-8-6-10(4-5-12-8)11(14)13-7-9(2)15-3/h8-10,12H,4-7H2,1-3H3,(H,13,14)/t8-,9?,10-/m0/s1. The molecule has 0 bridgehead atoms. The number of carbonyl (C=O) groups is 1. The quantitative estimate of drug-likeness (QED) is 0.763. The molecule has 2 N–H and O–H groups in total. The first-order chi connectivity index (χ1) is 7.13. The van der Waals surface area contributed by atoms with Gasteiger partial charge in [0.1, 0.15) is 0 Å². The van der Waals surface area contributed by atoms with E-state index in [0.717, 1.165) is 25.9 Å². The molecule has 1 aliphatic rings. The van der Waals surface area contributed by atoms with Crippen molar-refractivity contribution in [2.75, 3.05) is 19.3 Å². The Morgan fingerprint density at radius 2 is 2.40 bits per heavy atom. The van der Waals surface area contributed by atoms with Gasteiger partial charge in [-0.05, 0) is 32.6 Å². The molecule has 0 spiro atoms. The van der Waals surface area contributed by atoms with Crippen LogP contribution in [0.1, 0.15) is 26.7 Å². The second-order valence-electron chi connectivity index (χ2n) is 4.37. The Hall–Kier alpha value is -0.220. The van der Waals surface area contributed by atoms with Crippen molar-refractivity contribution in [3.8, 4) is 0 Å². The van der Waals surface area contributed by atoms with Crippen molar-refractivity contribution in [3.63, 3.8) is 0 Å². The molecule has 88 valence electrons. The smallest absolute Gasteiger partial charge is 0.223 e. The highest BCUT2D eigenvalue weighted by atomic mass is 32.2. The average Bonchev–Trinajstić information content (AvgIpc) is 2.25. The van der Waals surface area contributed by atoms with Crippen molar-refractivity contribution >= 4 is 17.7 Å². The lowest BCUT2D eigenvalue weighted by Crippen LogP contribution is -2.43. The lowest BCUT2D eigenvalue weighted by molar-refractivity contribution is -0.126. The van der Waals surface area contributed by atoms with E-state index in [0.29, 0.717) is 11.3 Å². The molecule has 3 nitrogen and oxygen atoms in total. The van der Waals surface area contributed by atoms with Crippen molar-refractivity contribution in [2.24, 2.45) is 5.92 Å². The van der Waals surface area contributed by atoms with E-state index in [1.54, 1.807) is 11.8 Å². The summed E-state index contributed by atoms with van der Waals surface area (Å²) >= 11 is 1.79. The molecule has 0 aromatic heterocycles. The van der Waals surface area contributed by atoms with Gasteiger partial charge in [0.15, 0.2) is 0 Å². The van der Waals surface area contributed by atoms with Crippen LogP contribution in [0.4, 0.5) is 0 Å². The Bertz CT molecular complexity index is 211. The summed E-state index contributed by atoms with van der Waals surface area (Å²) in [6, 6.07) is 0.479. The third-order valence-electron chi connectivity index (χ3n) is 2.96. The van der Waals surface area contributed by atoms with Crippen LogP contribution in [-0.2, 0) is 4.79 Å². The first-order valence-corrected chi connectivity index (χ1v) is 6.96. The van der Waals surface area contributed by atoms with E-state index < -0.39 is 0 Å². The minimum Gasteiger partial charge on any atom is -0.355 e. The number of thioether (sulfide) groups is 1. The molecule has 0 aromatic carbocycles. The highest BCUT2D eigenvalue weighted by molar-refractivity contribution is 7.99. The summed E-state index contributed by atoms with van der Waals surface area (Å²) in [6.07, 6.45) is 4.02. The normalized spacial score (nSPS) is 28.5. The zero-order chi connectivity index (χ0) is 11.3. The van der Waals surface area contributed by atoms with E-state index in [2.05, 4.69) is 30.7 Å². The van der Waals surface area contributed by atoms with Gasteiger partial charge in [0, 0.05) is 23.8 Å². The SMILES string of the molecule is CSC(C)CNC(=O)[C@H]1CCN[C@@H](C)C1. The number of nitrogens with one attached hydrogen (secondary N) is 2. The van der Waals surface area contributed by atoms with Crippen molar-refractivity contribution in [2.45, 2.75) is 38.0 Å². The fourth-order valence-corrected chi connectivity index (χ4v) is 2.09. The van der Waals surface area contributed by atoms with Gasteiger partial charge in [0.25, 0.3) is 0 Å². The molecule has 4 heteroatoms. The lowest BCUT2D eigenvalue weighted by atomic mass is 9.92. The van der Waals surface area contributed by atoms with Gasteiger partial charge in [0.05, 0.1) is 0 Å². The van der Waals surface area contributed by atoms with Crippen molar-refractivity contribution in [1.82, 2.24) is 10.6 Å². The van der Waals surface area contributed by atoms with Gasteiger partial charge in [-0.25, -0.2) is 0 Å². The number of rotatable bonds is 4. The molecule has 1 saturated heterocycles. The highest BCUT2D eigenvalue weighted by Gasteiger charge is 2.24. The van der Waals surface area contributed by atoms with E-state index in [-0.39, 0.29) is 11.8 Å². The molecule has 0 saturated carbocycles. The fourth-order valence-electron chi connectivity index (χ4n) is 1.84. The first kappa shape index (κ1) is 12.8. The number of carbonyl (C=O) groups excluding carboxylic acids is 1. The summed E-state index contributed by atoms with van der Waals surface area (Å²) < 4.78 is 0. The topological polar surface area (TPSA) is 41.1 Å². The zero-order valence-electron chi connectivity index (χ0n) is 9.88. The molecule has 1 fully saturated rings. The Kier molecular flexibility index (Phi) is 5.47. The monoisotopic (exact) mass is 230 g/mol. The molecule has 3 atom stereocenters. The van der Waals surface area contributed by atoms with Gasteiger partial charge in [-0.2, -0.15) is 11.8 Å². The van der Waals surface area contributed by atoms with Gasteiger partial charge in [-0.1, -0.05) is 6.92 Å². The van der Waals surface area contributed by atoms with Crippen LogP contribution < -0.4 is 10.6 Å². The fraction of sp³-hybridized carbons (Fsp3) is 0.909. The number of amides is 1. The second-order valence-corrected chi connectivity index (χ2v) is 5.64. The molecule has 1 amide bonds. The Balaban J connectivity index is 2.26. The van der Waals surface area contributed by atoms with Crippen molar-refractivity contribution in [1.29, 1.82) is 0 Å². The molecular formula is C11H22N2OS. The van der Waals surface area contributed by atoms with Crippen LogP contribution in [-0.4, -0.2) is 36.5 Å². The third-order valence-corrected chi connectivity index (χ3v) is 3.93. The molecule has 1 unspecified atom stereocenters. The number of piperidine rings is 1. The van der Waals surface area contributed by atoms with Gasteiger partial charge < -0.3 is 10.6 Å². The predicted octanol–water partition coefficient (Wildman–Crippen LogP) is 1.24. The minimum absolute atomic E-state index is 0.218. The molecule has 0 aliphatic carbocycles. The minimum atomic E-state index is 0.218. The third kappa shape index (κ3) is 4.43.